The van der Waals surface area contributed by atoms with E-state index < -0.39 is 0 Å². The maximum absolute atomic E-state index is 4.61. The summed E-state index contributed by atoms with van der Waals surface area (Å²) in [6.45, 7) is 0. The van der Waals surface area contributed by atoms with Crippen molar-refractivity contribution in [2.75, 3.05) is 0 Å². The van der Waals surface area contributed by atoms with E-state index in [9.17, 15) is 0 Å². The van der Waals surface area contributed by atoms with Crippen LogP contribution in [0.5, 0.6) is 0 Å². The Morgan fingerprint density at radius 1 is 1.54 bits per heavy atom. The Balaban J connectivity index is 2.30. The number of aryl methyl sites for hydroxylation is 1. The third kappa shape index (κ3) is 0.981. The van der Waals surface area contributed by atoms with E-state index in [1.165, 1.54) is 24.2 Å². The maximum Gasteiger partial charge on any atom is 0.112 e. The summed E-state index contributed by atoms with van der Waals surface area (Å²) < 4.78 is 2.21. The Bertz CT molecular complexity index is 452. The van der Waals surface area contributed by atoms with E-state index in [0.29, 0.717) is 0 Å². The van der Waals surface area contributed by atoms with Crippen molar-refractivity contribution in [3.8, 4) is 0 Å². The molecule has 0 saturated heterocycles. The number of hydrogen-bond acceptors (Lipinski definition) is 1. The first-order chi connectivity index (χ1) is 6.36. The zero-order valence-corrected chi connectivity index (χ0v) is 7.62. The third-order valence-corrected chi connectivity index (χ3v) is 2.70. The first-order valence-electron chi connectivity index (χ1n) is 4.68. The van der Waals surface area contributed by atoms with Crippen molar-refractivity contribution in [2.45, 2.75) is 18.8 Å². The minimum Gasteiger partial charge on any atom is -0.331 e. The van der Waals surface area contributed by atoms with Crippen molar-refractivity contribution in [3.63, 3.8) is 0 Å². The van der Waals surface area contributed by atoms with Crippen LogP contribution in [0, 0.1) is 6.07 Å². The Labute approximate surface area is 77.2 Å². The molecule has 1 heterocycles. The summed E-state index contributed by atoms with van der Waals surface area (Å²) in [5.74, 6) is 1.96. The van der Waals surface area contributed by atoms with Gasteiger partial charge in [0, 0.05) is 13.0 Å². The van der Waals surface area contributed by atoms with Gasteiger partial charge in [0.1, 0.15) is 5.82 Å². The largest absolute Gasteiger partial charge is 0.331 e. The van der Waals surface area contributed by atoms with Gasteiger partial charge in [0.15, 0.2) is 0 Å². The summed E-state index contributed by atoms with van der Waals surface area (Å²) in [5, 5.41) is 0. The molecule has 2 nitrogen and oxygen atoms in total. The van der Waals surface area contributed by atoms with Gasteiger partial charge in [-0.25, -0.2) is 4.98 Å². The predicted molar refractivity (Wildman–Crippen MR) is 51.5 cm³/mol. The Morgan fingerprint density at radius 2 is 2.38 bits per heavy atom. The summed E-state index contributed by atoms with van der Waals surface area (Å²) in [4.78, 5) is 4.61. The molecule has 0 N–H and O–H groups in total. The van der Waals surface area contributed by atoms with Crippen molar-refractivity contribution >= 4 is 11.0 Å². The lowest BCUT2D eigenvalue weighted by molar-refractivity contribution is 0.820. The van der Waals surface area contributed by atoms with Crippen molar-refractivity contribution in [1.29, 1.82) is 0 Å². The molecule has 0 amide bonds. The fraction of sp³-hybridized carbons (Fsp3) is 0.364. The van der Waals surface area contributed by atoms with Gasteiger partial charge in [0.2, 0.25) is 0 Å². The average molecular weight is 171 g/mol. The van der Waals surface area contributed by atoms with Crippen LogP contribution in [-0.4, -0.2) is 9.55 Å². The van der Waals surface area contributed by atoms with E-state index in [4.69, 9.17) is 0 Å². The zero-order valence-electron chi connectivity index (χ0n) is 7.62. The first kappa shape index (κ1) is 7.13. The highest BCUT2D eigenvalue weighted by molar-refractivity contribution is 5.75. The van der Waals surface area contributed by atoms with Crippen LogP contribution in [0.4, 0.5) is 0 Å². The van der Waals surface area contributed by atoms with Crippen LogP contribution in [0.2, 0.25) is 0 Å². The molecule has 1 fully saturated rings. The van der Waals surface area contributed by atoms with Crippen LogP contribution in [0.3, 0.4) is 0 Å². The van der Waals surface area contributed by atoms with Crippen molar-refractivity contribution in [1.82, 2.24) is 9.55 Å². The second-order valence-electron chi connectivity index (χ2n) is 3.72. The van der Waals surface area contributed by atoms with Crippen molar-refractivity contribution < 1.29 is 0 Å². The summed E-state index contributed by atoms with van der Waals surface area (Å²) in [6.07, 6.45) is 2.61. The Hall–Kier alpha value is -1.31. The molecule has 1 saturated carbocycles. The maximum atomic E-state index is 4.61. The molecule has 3 rings (SSSR count). The molecule has 1 aromatic carbocycles. The number of hydrogen-bond donors (Lipinski definition) is 0. The topological polar surface area (TPSA) is 17.8 Å². The average Bonchev–Trinajstić information content (AvgIpc) is 2.94. The van der Waals surface area contributed by atoms with Crippen LogP contribution in [0.1, 0.15) is 24.6 Å². The number of benzene rings is 1. The van der Waals surface area contributed by atoms with Crippen LogP contribution < -0.4 is 0 Å². The van der Waals surface area contributed by atoms with E-state index >= 15 is 0 Å². The van der Waals surface area contributed by atoms with Crippen LogP contribution in [-0.2, 0) is 7.05 Å². The highest BCUT2D eigenvalue weighted by Gasteiger charge is 2.28. The summed E-state index contributed by atoms with van der Waals surface area (Å²) >= 11 is 0. The number of aromatic nitrogens is 2. The SMILES string of the molecule is Cn1c(C2CC2)nc2c[c]ccc21. The molecule has 0 bridgehead atoms. The first-order valence-corrected chi connectivity index (χ1v) is 4.68. The highest BCUT2D eigenvalue weighted by atomic mass is 15.1. The Kier molecular flexibility index (Phi) is 1.29. The van der Waals surface area contributed by atoms with E-state index in [-0.39, 0.29) is 0 Å². The molecule has 2 heteroatoms. The van der Waals surface area contributed by atoms with Gasteiger partial charge in [-0.05, 0) is 31.0 Å². The van der Waals surface area contributed by atoms with Crippen LogP contribution >= 0.6 is 0 Å². The quantitative estimate of drug-likeness (QED) is 0.643. The molecule has 0 aliphatic heterocycles. The molecule has 1 aromatic heterocycles. The Morgan fingerprint density at radius 3 is 3.08 bits per heavy atom. The molecule has 0 atom stereocenters. The molecule has 65 valence electrons. The van der Waals surface area contributed by atoms with Gasteiger partial charge in [0.05, 0.1) is 11.0 Å². The van der Waals surface area contributed by atoms with Gasteiger partial charge in [-0.1, -0.05) is 6.07 Å². The van der Waals surface area contributed by atoms with Gasteiger partial charge in [-0.2, -0.15) is 0 Å². The van der Waals surface area contributed by atoms with Crippen LogP contribution in [0.15, 0.2) is 18.2 Å². The minimum absolute atomic E-state index is 0.720. The second-order valence-corrected chi connectivity index (χ2v) is 3.72. The number of imidazole rings is 1. The van der Waals surface area contributed by atoms with Gasteiger partial charge in [-0.3, -0.25) is 0 Å². The molecule has 0 spiro atoms. The number of rotatable bonds is 1. The van der Waals surface area contributed by atoms with Crippen molar-refractivity contribution in [3.05, 3.63) is 30.1 Å². The normalized spacial score (nSPS) is 16.7. The van der Waals surface area contributed by atoms with Crippen LogP contribution in [0.25, 0.3) is 11.0 Å². The molecule has 1 aliphatic carbocycles. The summed E-state index contributed by atoms with van der Waals surface area (Å²) in [7, 11) is 2.10. The third-order valence-electron chi connectivity index (χ3n) is 2.70. The minimum atomic E-state index is 0.720. The number of fused-ring (bicyclic) bond motifs is 1. The van der Waals surface area contributed by atoms with E-state index in [2.05, 4.69) is 28.7 Å². The molecule has 0 unspecified atom stereocenters. The highest BCUT2D eigenvalue weighted by Crippen LogP contribution is 2.40. The van der Waals surface area contributed by atoms with Gasteiger partial charge >= 0.3 is 0 Å². The fourth-order valence-electron chi connectivity index (χ4n) is 1.82. The summed E-state index contributed by atoms with van der Waals surface area (Å²) in [5.41, 5.74) is 2.30. The lowest BCUT2D eigenvalue weighted by Gasteiger charge is -1.98. The zero-order chi connectivity index (χ0) is 8.84. The lowest BCUT2D eigenvalue weighted by Crippen LogP contribution is -1.94. The second kappa shape index (κ2) is 2.34. The monoisotopic (exact) mass is 171 g/mol. The van der Waals surface area contributed by atoms with E-state index in [0.717, 1.165) is 11.4 Å². The van der Waals surface area contributed by atoms with Gasteiger partial charge in [0.25, 0.3) is 0 Å². The molecular formula is C11H11N2. The summed E-state index contributed by atoms with van der Waals surface area (Å²) in [6, 6.07) is 9.04. The molecule has 1 radical (unpaired) electrons. The predicted octanol–water partition coefficient (Wildman–Crippen LogP) is 2.25. The number of nitrogens with zero attached hydrogens (tertiary/aromatic N) is 2. The molecule has 2 aromatic rings. The molecule has 1 aliphatic rings. The van der Waals surface area contributed by atoms with E-state index in [1.54, 1.807) is 0 Å². The smallest absolute Gasteiger partial charge is 0.112 e. The van der Waals surface area contributed by atoms with E-state index in [1.807, 2.05) is 12.1 Å². The lowest BCUT2D eigenvalue weighted by atomic mass is 10.3. The fourth-order valence-corrected chi connectivity index (χ4v) is 1.82. The standard InChI is InChI=1S/C11H11N2/c1-13-10-5-3-2-4-9(10)12-11(13)8-6-7-8/h3-5,8H,6-7H2,1H3. The van der Waals surface area contributed by atoms with Gasteiger partial charge in [-0.15, -0.1) is 0 Å². The molecule has 13 heavy (non-hydrogen) atoms. The van der Waals surface area contributed by atoms with Gasteiger partial charge < -0.3 is 4.57 Å². The molecular weight excluding hydrogens is 160 g/mol. The van der Waals surface area contributed by atoms with Crippen molar-refractivity contribution in [2.24, 2.45) is 7.05 Å².